The highest BCUT2D eigenvalue weighted by atomic mass is 19.1. The zero-order valence-electron chi connectivity index (χ0n) is 8.05. The number of methoxy groups -OCH3 is 1. The molecule has 0 aliphatic heterocycles. The molecule has 0 saturated carbocycles. The van der Waals surface area contributed by atoms with Crippen LogP contribution in [0.4, 0.5) is 8.78 Å². The van der Waals surface area contributed by atoms with Crippen LogP contribution in [0.1, 0.15) is 12.5 Å². The fourth-order valence-electron chi connectivity index (χ4n) is 1.28. The van der Waals surface area contributed by atoms with Crippen molar-refractivity contribution in [3.63, 3.8) is 0 Å². The summed E-state index contributed by atoms with van der Waals surface area (Å²) in [5.74, 6) is -1.32. The topological polar surface area (TPSA) is 29.5 Å². The second-order valence-electron chi connectivity index (χ2n) is 3.09. The van der Waals surface area contributed by atoms with Gasteiger partial charge in [0.2, 0.25) is 0 Å². The molecule has 0 radical (unpaired) electrons. The third kappa shape index (κ3) is 2.20. The van der Waals surface area contributed by atoms with Gasteiger partial charge < -0.3 is 9.84 Å². The highest BCUT2D eigenvalue weighted by Crippen LogP contribution is 2.26. The summed E-state index contributed by atoms with van der Waals surface area (Å²) in [6.45, 7) is 1.50. The Kier molecular flexibility index (Phi) is 3.41. The van der Waals surface area contributed by atoms with Crippen LogP contribution in [0.15, 0.2) is 12.1 Å². The largest absolute Gasteiger partial charge is 0.493 e. The Morgan fingerprint density at radius 1 is 1.36 bits per heavy atom. The van der Waals surface area contributed by atoms with Crippen LogP contribution in [0, 0.1) is 11.6 Å². The fourth-order valence-corrected chi connectivity index (χ4v) is 1.28. The maximum absolute atomic E-state index is 13.2. The van der Waals surface area contributed by atoms with Crippen LogP contribution in [0.25, 0.3) is 0 Å². The highest BCUT2D eigenvalue weighted by molar-refractivity contribution is 5.36. The summed E-state index contributed by atoms with van der Waals surface area (Å²) in [5, 5.41) is 9.10. The minimum absolute atomic E-state index is 0.0345. The molecule has 1 aromatic rings. The summed E-state index contributed by atoms with van der Waals surface area (Å²) in [4.78, 5) is 0. The molecule has 0 bridgehead atoms. The molecule has 1 unspecified atom stereocenters. The maximum atomic E-state index is 13.2. The van der Waals surface area contributed by atoms with Crippen molar-refractivity contribution in [2.45, 2.75) is 19.4 Å². The van der Waals surface area contributed by atoms with Crippen LogP contribution in [0.5, 0.6) is 5.75 Å². The number of halogens is 2. The molecule has 1 aromatic carbocycles. The first kappa shape index (κ1) is 10.9. The maximum Gasteiger partial charge on any atom is 0.165 e. The van der Waals surface area contributed by atoms with Crippen molar-refractivity contribution >= 4 is 0 Å². The van der Waals surface area contributed by atoms with Crippen LogP contribution in [-0.2, 0) is 6.42 Å². The quantitative estimate of drug-likeness (QED) is 0.811. The van der Waals surface area contributed by atoms with E-state index < -0.39 is 17.7 Å². The number of rotatable bonds is 3. The molecule has 78 valence electrons. The van der Waals surface area contributed by atoms with Crippen LogP contribution >= 0.6 is 0 Å². The van der Waals surface area contributed by atoms with Gasteiger partial charge in [0.25, 0.3) is 0 Å². The van der Waals surface area contributed by atoms with Gasteiger partial charge in [0.15, 0.2) is 11.6 Å². The molecule has 0 fully saturated rings. The monoisotopic (exact) mass is 202 g/mol. The smallest absolute Gasteiger partial charge is 0.165 e. The lowest BCUT2D eigenvalue weighted by Gasteiger charge is -2.11. The first-order chi connectivity index (χ1) is 6.56. The molecule has 0 aliphatic carbocycles. The van der Waals surface area contributed by atoms with E-state index in [1.165, 1.54) is 14.0 Å². The summed E-state index contributed by atoms with van der Waals surface area (Å²) >= 11 is 0. The fraction of sp³-hybridized carbons (Fsp3) is 0.400. The molecule has 0 aromatic heterocycles. The second-order valence-corrected chi connectivity index (χ2v) is 3.09. The number of aliphatic hydroxyl groups excluding tert-OH is 1. The molecule has 14 heavy (non-hydrogen) atoms. The SMILES string of the molecule is COc1c(F)ccc(F)c1CC(C)O. The Morgan fingerprint density at radius 3 is 2.43 bits per heavy atom. The molecule has 1 N–H and O–H groups in total. The minimum Gasteiger partial charge on any atom is -0.493 e. The number of ether oxygens (including phenoxy) is 1. The first-order valence-electron chi connectivity index (χ1n) is 4.25. The Labute approximate surface area is 81.1 Å². The Bertz CT molecular complexity index is 324. The molecule has 1 atom stereocenters. The van der Waals surface area contributed by atoms with Gasteiger partial charge in [0.1, 0.15) is 5.82 Å². The van der Waals surface area contributed by atoms with E-state index in [2.05, 4.69) is 0 Å². The lowest BCUT2D eigenvalue weighted by molar-refractivity contribution is 0.192. The molecule has 2 nitrogen and oxygen atoms in total. The van der Waals surface area contributed by atoms with E-state index in [1.807, 2.05) is 0 Å². The first-order valence-corrected chi connectivity index (χ1v) is 4.25. The van der Waals surface area contributed by atoms with Crippen LogP contribution in [-0.4, -0.2) is 18.3 Å². The summed E-state index contributed by atoms with van der Waals surface area (Å²) in [6, 6.07) is 2.02. The highest BCUT2D eigenvalue weighted by Gasteiger charge is 2.15. The number of aliphatic hydroxyl groups is 1. The Hall–Kier alpha value is -1.16. The summed E-state index contributed by atoms with van der Waals surface area (Å²) in [7, 11) is 1.27. The predicted molar refractivity (Wildman–Crippen MR) is 48.3 cm³/mol. The van der Waals surface area contributed by atoms with Crippen molar-refractivity contribution in [2.75, 3.05) is 7.11 Å². The van der Waals surface area contributed by atoms with E-state index in [0.717, 1.165) is 12.1 Å². The summed E-state index contributed by atoms with van der Waals surface area (Å²) < 4.78 is 31.1. The van der Waals surface area contributed by atoms with Gasteiger partial charge in [-0.15, -0.1) is 0 Å². The van der Waals surface area contributed by atoms with Crippen molar-refractivity contribution in [3.05, 3.63) is 29.3 Å². The van der Waals surface area contributed by atoms with Crippen molar-refractivity contribution < 1.29 is 18.6 Å². The minimum atomic E-state index is -0.736. The van der Waals surface area contributed by atoms with E-state index >= 15 is 0 Å². The second kappa shape index (κ2) is 4.37. The van der Waals surface area contributed by atoms with Crippen LogP contribution in [0.3, 0.4) is 0 Å². The summed E-state index contributed by atoms with van der Waals surface area (Å²) in [6.07, 6.45) is -0.701. The van der Waals surface area contributed by atoms with Crippen molar-refractivity contribution in [2.24, 2.45) is 0 Å². The molecule has 4 heteroatoms. The van der Waals surface area contributed by atoms with E-state index in [1.54, 1.807) is 0 Å². The van der Waals surface area contributed by atoms with Gasteiger partial charge in [0.05, 0.1) is 13.2 Å². The van der Waals surface area contributed by atoms with Crippen molar-refractivity contribution in [1.29, 1.82) is 0 Å². The van der Waals surface area contributed by atoms with Gasteiger partial charge in [-0.25, -0.2) is 8.78 Å². The number of benzene rings is 1. The molecule has 0 amide bonds. The van der Waals surface area contributed by atoms with Gasteiger partial charge in [-0.05, 0) is 19.1 Å². The molecule has 0 heterocycles. The Morgan fingerprint density at radius 2 is 1.93 bits per heavy atom. The molecule has 1 rings (SSSR count). The van der Waals surface area contributed by atoms with Gasteiger partial charge >= 0.3 is 0 Å². The zero-order chi connectivity index (χ0) is 10.7. The standard InChI is InChI=1S/C10H12F2O2/c1-6(13)5-7-8(11)3-4-9(12)10(7)14-2/h3-4,6,13H,5H2,1-2H3. The van der Waals surface area contributed by atoms with Crippen LogP contribution < -0.4 is 4.74 Å². The lowest BCUT2D eigenvalue weighted by atomic mass is 10.1. The molecule has 0 spiro atoms. The zero-order valence-corrected chi connectivity index (χ0v) is 8.05. The Balaban J connectivity index is 3.16. The average molecular weight is 202 g/mol. The normalized spacial score (nSPS) is 12.6. The van der Waals surface area contributed by atoms with Gasteiger partial charge in [0, 0.05) is 12.0 Å². The number of hydrogen-bond acceptors (Lipinski definition) is 2. The third-order valence-corrected chi connectivity index (χ3v) is 1.86. The van der Waals surface area contributed by atoms with E-state index in [-0.39, 0.29) is 17.7 Å². The molecule has 0 aliphatic rings. The summed E-state index contributed by atoms with van der Waals surface area (Å²) in [5.41, 5.74) is 0.0718. The van der Waals surface area contributed by atoms with Gasteiger partial charge in [-0.1, -0.05) is 0 Å². The van der Waals surface area contributed by atoms with Gasteiger partial charge in [-0.2, -0.15) is 0 Å². The number of hydrogen-bond donors (Lipinski definition) is 1. The van der Waals surface area contributed by atoms with E-state index in [4.69, 9.17) is 9.84 Å². The van der Waals surface area contributed by atoms with E-state index in [0.29, 0.717) is 0 Å². The lowest BCUT2D eigenvalue weighted by Crippen LogP contribution is -2.08. The molecular weight excluding hydrogens is 190 g/mol. The molecule has 0 saturated heterocycles. The van der Waals surface area contributed by atoms with Crippen LogP contribution in [0.2, 0.25) is 0 Å². The van der Waals surface area contributed by atoms with E-state index in [9.17, 15) is 8.78 Å². The van der Waals surface area contributed by atoms with Gasteiger partial charge in [-0.3, -0.25) is 0 Å². The third-order valence-electron chi connectivity index (χ3n) is 1.86. The average Bonchev–Trinajstić information content (AvgIpc) is 2.11. The van der Waals surface area contributed by atoms with Crippen molar-refractivity contribution in [1.82, 2.24) is 0 Å². The van der Waals surface area contributed by atoms with Crippen molar-refractivity contribution in [3.8, 4) is 5.75 Å². The molecular formula is C10H12F2O2. The predicted octanol–water partition coefficient (Wildman–Crippen LogP) is 1.90.